The molecule has 0 saturated heterocycles. The van der Waals surface area contributed by atoms with Gasteiger partial charge in [-0.15, -0.1) is 0 Å². The van der Waals surface area contributed by atoms with Crippen molar-refractivity contribution in [3.8, 4) is 5.75 Å². The van der Waals surface area contributed by atoms with Crippen molar-refractivity contribution >= 4 is 21.9 Å². The average Bonchev–Trinajstić information content (AvgIpc) is 2.21. The summed E-state index contributed by atoms with van der Waals surface area (Å²) in [7, 11) is 0. The van der Waals surface area contributed by atoms with Crippen LogP contribution in [0.3, 0.4) is 0 Å². The molecule has 0 unspecified atom stereocenters. The summed E-state index contributed by atoms with van der Waals surface area (Å²) >= 11 is 3.01. The molecule has 5 heteroatoms. The highest BCUT2D eigenvalue weighted by atomic mass is 79.9. The maximum absolute atomic E-state index is 13.3. The van der Waals surface area contributed by atoms with E-state index < -0.39 is 11.8 Å². The lowest BCUT2D eigenvalue weighted by atomic mass is 10.3. The predicted octanol–water partition coefficient (Wildman–Crippen LogP) is 2.53. The SMILES string of the molecule is CCOC(=O)COc1cccc(Br)c1F. The summed E-state index contributed by atoms with van der Waals surface area (Å²) in [5.74, 6) is -1.02. The normalized spacial score (nSPS) is 9.80. The number of esters is 1. The molecule has 0 aromatic heterocycles. The summed E-state index contributed by atoms with van der Waals surface area (Å²) in [6.45, 7) is 1.68. The number of hydrogen-bond acceptors (Lipinski definition) is 3. The Kier molecular flexibility index (Phi) is 4.55. The minimum Gasteiger partial charge on any atom is -0.479 e. The van der Waals surface area contributed by atoms with Crippen molar-refractivity contribution in [1.82, 2.24) is 0 Å². The summed E-state index contributed by atoms with van der Waals surface area (Å²) < 4.78 is 23.2. The smallest absolute Gasteiger partial charge is 0.344 e. The topological polar surface area (TPSA) is 35.5 Å². The molecule has 0 fully saturated rings. The van der Waals surface area contributed by atoms with E-state index in [-0.39, 0.29) is 19.0 Å². The van der Waals surface area contributed by atoms with E-state index in [4.69, 9.17) is 4.74 Å². The molecule has 0 heterocycles. The fourth-order valence-corrected chi connectivity index (χ4v) is 1.28. The van der Waals surface area contributed by atoms with Crippen LogP contribution in [0.15, 0.2) is 22.7 Å². The fraction of sp³-hybridized carbons (Fsp3) is 0.300. The molecule has 0 spiro atoms. The molecule has 1 aromatic carbocycles. The van der Waals surface area contributed by atoms with Gasteiger partial charge in [0, 0.05) is 0 Å². The highest BCUT2D eigenvalue weighted by Crippen LogP contribution is 2.24. The van der Waals surface area contributed by atoms with Gasteiger partial charge in [0.25, 0.3) is 0 Å². The van der Waals surface area contributed by atoms with Crippen molar-refractivity contribution in [3.63, 3.8) is 0 Å². The first-order valence-corrected chi connectivity index (χ1v) is 5.17. The van der Waals surface area contributed by atoms with Crippen LogP contribution in [0.25, 0.3) is 0 Å². The van der Waals surface area contributed by atoms with E-state index in [1.165, 1.54) is 6.07 Å². The first-order valence-electron chi connectivity index (χ1n) is 4.37. The van der Waals surface area contributed by atoms with Crippen LogP contribution in [0.1, 0.15) is 6.92 Å². The first kappa shape index (κ1) is 12.0. The second-order valence-corrected chi connectivity index (χ2v) is 3.50. The van der Waals surface area contributed by atoms with Crippen LogP contribution in [0.4, 0.5) is 4.39 Å². The molecule has 0 amide bonds. The number of hydrogen-bond donors (Lipinski definition) is 0. The lowest BCUT2D eigenvalue weighted by Crippen LogP contribution is -2.15. The molecule has 1 rings (SSSR count). The maximum Gasteiger partial charge on any atom is 0.344 e. The summed E-state index contributed by atoms with van der Waals surface area (Å²) in [6, 6.07) is 4.61. The molecular formula is C10H10BrFO3. The highest BCUT2D eigenvalue weighted by Gasteiger charge is 2.09. The molecule has 1 aromatic rings. The van der Waals surface area contributed by atoms with Crippen LogP contribution in [0.2, 0.25) is 0 Å². The Morgan fingerprint density at radius 2 is 2.27 bits per heavy atom. The van der Waals surface area contributed by atoms with Crippen LogP contribution in [-0.2, 0) is 9.53 Å². The van der Waals surface area contributed by atoms with E-state index in [0.717, 1.165) is 0 Å². The van der Waals surface area contributed by atoms with Crippen LogP contribution >= 0.6 is 15.9 Å². The van der Waals surface area contributed by atoms with Crippen molar-refractivity contribution in [2.45, 2.75) is 6.92 Å². The van der Waals surface area contributed by atoms with Crippen molar-refractivity contribution < 1.29 is 18.7 Å². The molecular weight excluding hydrogens is 267 g/mol. The zero-order valence-corrected chi connectivity index (χ0v) is 9.71. The zero-order valence-electron chi connectivity index (χ0n) is 8.13. The molecule has 15 heavy (non-hydrogen) atoms. The zero-order chi connectivity index (χ0) is 11.3. The summed E-state index contributed by atoms with van der Waals surface area (Å²) in [5.41, 5.74) is 0. The predicted molar refractivity (Wildman–Crippen MR) is 56.2 cm³/mol. The van der Waals surface area contributed by atoms with Crippen LogP contribution in [0, 0.1) is 5.82 Å². The fourth-order valence-electron chi connectivity index (χ4n) is 0.935. The van der Waals surface area contributed by atoms with Crippen molar-refractivity contribution in [2.75, 3.05) is 13.2 Å². The van der Waals surface area contributed by atoms with Crippen molar-refractivity contribution in [1.29, 1.82) is 0 Å². The molecule has 0 aliphatic carbocycles. The van der Waals surface area contributed by atoms with Crippen molar-refractivity contribution in [2.24, 2.45) is 0 Å². The Hall–Kier alpha value is -1.10. The number of benzene rings is 1. The van der Waals surface area contributed by atoms with Gasteiger partial charge in [-0.3, -0.25) is 0 Å². The van der Waals surface area contributed by atoms with Gasteiger partial charge in [-0.2, -0.15) is 0 Å². The third-order valence-corrected chi connectivity index (χ3v) is 2.18. The molecule has 0 aliphatic rings. The molecule has 0 bridgehead atoms. The highest BCUT2D eigenvalue weighted by molar-refractivity contribution is 9.10. The van der Waals surface area contributed by atoms with E-state index in [9.17, 15) is 9.18 Å². The quantitative estimate of drug-likeness (QED) is 0.793. The number of rotatable bonds is 4. The summed E-state index contributed by atoms with van der Waals surface area (Å²) in [5, 5.41) is 0. The minimum absolute atomic E-state index is 0.0254. The van der Waals surface area contributed by atoms with Gasteiger partial charge in [0.1, 0.15) is 0 Å². The van der Waals surface area contributed by atoms with Gasteiger partial charge in [0.15, 0.2) is 18.2 Å². The maximum atomic E-state index is 13.3. The van der Waals surface area contributed by atoms with Gasteiger partial charge in [-0.05, 0) is 35.0 Å². The number of carbonyl (C=O) groups is 1. The standard InChI is InChI=1S/C10H10BrFO3/c1-2-14-9(13)6-15-8-5-3-4-7(11)10(8)12/h3-5H,2,6H2,1H3. The van der Waals surface area contributed by atoms with Gasteiger partial charge < -0.3 is 9.47 Å². The van der Waals surface area contributed by atoms with Gasteiger partial charge in [0.05, 0.1) is 11.1 Å². The van der Waals surface area contributed by atoms with Gasteiger partial charge >= 0.3 is 5.97 Å². The molecule has 82 valence electrons. The van der Waals surface area contributed by atoms with Crippen LogP contribution in [0.5, 0.6) is 5.75 Å². The number of halogens is 2. The first-order chi connectivity index (χ1) is 7.15. The third kappa shape index (κ3) is 3.51. The lowest BCUT2D eigenvalue weighted by Gasteiger charge is -2.07. The Morgan fingerprint density at radius 1 is 1.53 bits per heavy atom. The van der Waals surface area contributed by atoms with Crippen LogP contribution in [-0.4, -0.2) is 19.2 Å². The monoisotopic (exact) mass is 276 g/mol. The second kappa shape index (κ2) is 5.70. The largest absolute Gasteiger partial charge is 0.479 e. The van der Waals surface area contributed by atoms with E-state index in [0.29, 0.717) is 4.47 Å². The van der Waals surface area contributed by atoms with Crippen molar-refractivity contribution in [3.05, 3.63) is 28.5 Å². The van der Waals surface area contributed by atoms with Crippen LogP contribution < -0.4 is 4.74 Å². The Bertz CT molecular complexity index is 355. The Morgan fingerprint density at radius 3 is 2.93 bits per heavy atom. The van der Waals surface area contributed by atoms with Gasteiger partial charge in [-0.25, -0.2) is 9.18 Å². The second-order valence-electron chi connectivity index (χ2n) is 2.65. The minimum atomic E-state index is -0.526. The number of carbonyl (C=O) groups excluding carboxylic acids is 1. The summed E-state index contributed by atoms with van der Waals surface area (Å²) in [4.78, 5) is 10.9. The molecule has 0 N–H and O–H groups in total. The molecule has 0 radical (unpaired) electrons. The van der Waals surface area contributed by atoms with E-state index >= 15 is 0 Å². The van der Waals surface area contributed by atoms with E-state index in [1.54, 1.807) is 19.1 Å². The lowest BCUT2D eigenvalue weighted by molar-refractivity contribution is -0.145. The average molecular weight is 277 g/mol. The van der Waals surface area contributed by atoms with Gasteiger partial charge in [-0.1, -0.05) is 6.07 Å². The Labute approximate surface area is 95.3 Å². The molecule has 0 aliphatic heterocycles. The van der Waals surface area contributed by atoms with E-state index in [2.05, 4.69) is 20.7 Å². The van der Waals surface area contributed by atoms with Gasteiger partial charge in [0.2, 0.25) is 0 Å². The molecule has 0 atom stereocenters. The summed E-state index contributed by atoms with van der Waals surface area (Å²) in [6.07, 6.45) is 0. The number of ether oxygens (including phenoxy) is 2. The Balaban J connectivity index is 2.58. The molecule has 3 nitrogen and oxygen atoms in total. The molecule has 0 saturated carbocycles. The van der Waals surface area contributed by atoms with E-state index in [1.807, 2.05) is 0 Å². The third-order valence-electron chi connectivity index (χ3n) is 1.57.